The summed E-state index contributed by atoms with van der Waals surface area (Å²) in [6.07, 6.45) is 5.37. The molecule has 0 aliphatic rings. The van der Waals surface area contributed by atoms with Crippen molar-refractivity contribution in [2.24, 2.45) is 0 Å². The number of hydrogen-bond donors (Lipinski definition) is 2. The second kappa shape index (κ2) is 9.31. The topological polar surface area (TPSA) is 65.5 Å². The Bertz CT molecular complexity index is 393. The van der Waals surface area contributed by atoms with Gasteiger partial charge in [-0.2, -0.15) is 0 Å². The first-order valence-electron chi connectivity index (χ1n) is 7.25. The number of pyridine rings is 1. The summed E-state index contributed by atoms with van der Waals surface area (Å²) in [5, 5.41) is 11.9. The molecule has 0 radical (unpaired) electrons. The maximum absolute atomic E-state index is 12.1. The highest BCUT2D eigenvalue weighted by Crippen LogP contribution is 2.08. The van der Waals surface area contributed by atoms with Crippen LogP contribution in [0.2, 0.25) is 0 Å². The Morgan fingerprint density at radius 2 is 2.15 bits per heavy atom. The summed E-state index contributed by atoms with van der Waals surface area (Å²) in [4.78, 5) is 18.0. The minimum absolute atomic E-state index is 0.0592. The summed E-state index contributed by atoms with van der Waals surface area (Å²) in [6.45, 7) is 3.91. The predicted octanol–water partition coefficient (Wildman–Crippen LogP) is 2.14. The molecule has 1 aromatic rings. The number of carbonyl (C=O) groups excluding carboxylic acids is 1. The van der Waals surface area contributed by atoms with Crippen molar-refractivity contribution in [3.63, 3.8) is 0 Å². The van der Waals surface area contributed by atoms with E-state index >= 15 is 0 Å². The van der Waals surface area contributed by atoms with Crippen LogP contribution in [0.3, 0.4) is 0 Å². The van der Waals surface area contributed by atoms with Crippen molar-refractivity contribution in [3.05, 3.63) is 24.0 Å². The quantitative estimate of drug-likeness (QED) is 0.680. The first kappa shape index (κ1) is 16.4. The van der Waals surface area contributed by atoms with E-state index in [1.165, 1.54) is 0 Å². The minimum atomic E-state index is -0.0592. The highest BCUT2D eigenvalue weighted by atomic mass is 16.2. The van der Waals surface area contributed by atoms with Gasteiger partial charge in [-0.15, -0.1) is 0 Å². The maximum Gasteiger partial charge on any atom is 0.272 e. The lowest BCUT2D eigenvalue weighted by Crippen LogP contribution is -2.28. The molecule has 0 fully saturated rings. The molecule has 2 N–H and O–H groups in total. The lowest BCUT2D eigenvalue weighted by Gasteiger charge is -2.16. The van der Waals surface area contributed by atoms with Crippen molar-refractivity contribution < 1.29 is 9.90 Å². The number of hydrogen-bond acceptors (Lipinski definition) is 4. The van der Waals surface area contributed by atoms with Crippen LogP contribution < -0.4 is 5.32 Å². The number of unbranched alkanes of at least 4 members (excludes halogenated alkanes) is 2. The van der Waals surface area contributed by atoms with Crippen molar-refractivity contribution in [2.45, 2.75) is 32.6 Å². The van der Waals surface area contributed by atoms with Crippen LogP contribution in [0.1, 0.15) is 43.1 Å². The molecule has 0 bridgehead atoms. The minimum Gasteiger partial charge on any atom is -0.396 e. The summed E-state index contributed by atoms with van der Waals surface area (Å²) in [5.41, 5.74) is 1.41. The molecule has 1 amide bonds. The van der Waals surface area contributed by atoms with Gasteiger partial charge in [-0.25, -0.2) is 4.98 Å². The maximum atomic E-state index is 12.1. The van der Waals surface area contributed by atoms with Gasteiger partial charge < -0.3 is 15.3 Å². The van der Waals surface area contributed by atoms with Gasteiger partial charge in [-0.3, -0.25) is 4.79 Å². The molecule has 112 valence electrons. The van der Waals surface area contributed by atoms with Gasteiger partial charge in [0.15, 0.2) is 0 Å². The number of rotatable bonds is 9. The Morgan fingerprint density at radius 1 is 1.35 bits per heavy atom. The Hall–Kier alpha value is -1.62. The van der Waals surface area contributed by atoms with Crippen molar-refractivity contribution in [2.75, 3.05) is 32.1 Å². The summed E-state index contributed by atoms with van der Waals surface area (Å²) in [6, 6.07) is 3.64. The molecule has 5 heteroatoms. The van der Waals surface area contributed by atoms with Crippen LogP contribution >= 0.6 is 0 Å². The molecule has 1 heterocycles. The Morgan fingerprint density at radius 3 is 2.75 bits per heavy atom. The third-order valence-electron chi connectivity index (χ3n) is 3.06. The molecule has 20 heavy (non-hydrogen) atoms. The Kier molecular flexibility index (Phi) is 7.65. The van der Waals surface area contributed by atoms with Crippen LogP contribution in [-0.2, 0) is 0 Å². The van der Waals surface area contributed by atoms with Gasteiger partial charge in [-0.05, 0) is 37.8 Å². The molecule has 0 atom stereocenters. The zero-order chi connectivity index (χ0) is 14.8. The molecule has 5 nitrogen and oxygen atoms in total. The van der Waals surface area contributed by atoms with E-state index in [1.807, 2.05) is 6.07 Å². The molecule has 0 unspecified atom stereocenters. The van der Waals surface area contributed by atoms with E-state index in [-0.39, 0.29) is 12.5 Å². The first-order valence-corrected chi connectivity index (χ1v) is 7.25. The summed E-state index contributed by atoms with van der Waals surface area (Å²) in [7, 11) is 1.78. The molecule has 0 aliphatic carbocycles. The number of aliphatic hydroxyl groups is 1. The number of aromatic nitrogens is 1. The average molecular weight is 279 g/mol. The van der Waals surface area contributed by atoms with Gasteiger partial charge in [0.25, 0.3) is 5.91 Å². The number of carbonyl (C=O) groups is 1. The molecular formula is C15H25N3O2. The molecular weight excluding hydrogens is 254 g/mol. The number of aliphatic hydroxyl groups excluding tert-OH is 1. The lowest BCUT2D eigenvalue weighted by molar-refractivity contribution is 0.0786. The highest BCUT2D eigenvalue weighted by Gasteiger charge is 2.12. The van der Waals surface area contributed by atoms with Crippen LogP contribution in [0.25, 0.3) is 0 Å². The van der Waals surface area contributed by atoms with E-state index in [4.69, 9.17) is 5.11 Å². The lowest BCUT2D eigenvalue weighted by atomic mass is 10.2. The first-order chi connectivity index (χ1) is 9.69. The molecule has 0 aliphatic heterocycles. The summed E-state index contributed by atoms with van der Waals surface area (Å²) < 4.78 is 0. The van der Waals surface area contributed by atoms with Crippen LogP contribution in [0.15, 0.2) is 18.3 Å². The number of nitrogens with zero attached hydrogens (tertiary/aromatic N) is 2. The van der Waals surface area contributed by atoms with Gasteiger partial charge in [0.1, 0.15) is 5.69 Å². The second-order valence-corrected chi connectivity index (χ2v) is 4.87. The average Bonchev–Trinajstić information content (AvgIpc) is 2.49. The van der Waals surface area contributed by atoms with Crippen LogP contribution in [0.5, 0.6) is 0 Å². The normalized spacial score (nSPS) is 10.3. The van der Waals surface area contributed by atoms with Gasteiger partial charge in [0.2, 0.25) is 0 Å². The van der Waals surface area contributed by atoms with E-state index < -0.39 is 0 Å². The van der Waals surface area contributed by atoms with Crippen molar-refractivity contribution in [1.29, 1.82) is 0 Å². The second-order valence-electron chi connectivity index (χ2n) is 4.87. The van der Waals surface area contributed by atoms with Crippen LogP contribution in [0.4, 0.5) is 5.69 Å². The van der Waals surface area contributed by atoms with Crippen molar-refractivity contribution in [3.8, 4) is 0 Å². The zero-order valence-corrected chi connectivity index (χ0v) is 12.4. The zero-order valence-electron chi connectivity index (χ0n) is 12.4. The molecule has 0 aromatic carbocycles. The predicted molar refractivity (Wildman–Crippen MR) is 80.9 cm³/mol. The standard InChI is InChI=1S/C15H25N3O2/c1-3-9-16-13-7-8-14(17-12-13)15(20)18(2)10-5-4-6-11-19/h7-8,12,16,19H,3-6,9-11H2,1-2H3. The number of nitrogens with one attached hydrogen (secondary N) is 1. The van der Waals surface area contributed by atoms with Crippen molar-refractivity contribution in [1.82, 2.24) is 9.88 Å². The van der Waals surface area contributed by atoms with Crippen molar-refractivity contribution >= 4 is 11.6 Å². The molecule has 0 saturated carbocycles. The molecule has 0 spiro atoms. The van der Waals surface area contributed by atoms with Gasteiger partial charge in [0.05, 0.1) is 11.9 Å². The van der Waals surface area contributed by atoms with Gasteiger partial charge in [0, 0.05) is 26.7 Å². The fraction of sp³-hybridized carbons (Fsp3) is 0.600. The summed E-state index contributed by atoms with van der Waals surface area (Å²) >= 11 is 0. The van der Waals surface area contributed by atoms with E-state index in [1.54, 1.807) is 24.2 Å². The number of amides is 1. The third-order valence-corrected chi connectivity index (χ3v) is 3.06. The largest absolute Gasteiger partial charge is 0.396 e. The molecule has 1 rings (SSSR count). The molecule has 0 saturated heterocycles. The third kappa shape index (κ3) is 5.57. The van der Waals surface area contributed by atoms with Crippen LogP contribution in [0, 0.1) is 0 Å². The SMILES string of the molecule is CCCNc1ccc(C(=O)N(C)CCCCCO)nc1. The van der Waals surface area contributed by atoms with E-state index in [2.05, 4.69) is 17.2 Å². The Labute approximate surface area is 121 Å². The van der Waals surface area contributed by atoms with E-state index in [0.29, 0.717) is 12.2 Å². The van der Waals surface area contributed by atoms with Gasteiger partial charge >= 0.3 is 0 Å². The Balaban J connectivity index is 2.45. The fourth-order valence-electron chi connectivity index (χ4n) is 1.83. The number of anilines is 1. The summed E-state index contributed by atoms with van der Waals surface area (Å²) in [5.74, 6) is -0.0592. The molecule has 1 aromatic heterocycles. The van der Waals surface area contributed by atoms with Gasteiger partial charge in [-0.1, -0.05) is 6.92 Å². The monoisotopic (exact) mass is 279 g/mol. The van der Waals surface area contributed by atoms with E-state index in [0.717, 1.165) is 37.9 Å². The highest BCUT2D eigenvalue weighted by molar-refractivity contribution is 5.92. The fourth-order valence-corrected chi connectivity index (χ4v) is 1.83. The van der Waals surface area contributed by atoms with Crippen LogP contribution in [-0.4, -0.2) is 47.6 Å². The van der Waals surface area contributed by atoms with E-state index in [9.17, 15) is 4.79 Å². The smallest absolute Gasteiger partial charge is 0.272 e.